The fourth-order valence-corrected chi connectivity index (χ4v) is 4.93. The van der Waals surface area contributed by atoms with E-state index >= 15 is 0 Å². The topological polar surface area (TPSA) is 70.3 Å². The number of aliphatic hydroxyl groups is 1. The summed E-state index contributed by atoms with van der Waals surface area (Å²) >= 11 is 1.84. The van der Waals surface area contributed by atoms with Crippen LogP contribution in [0.3, 0.4) is 0 Å². The van der Waals surface area contributed by atoms with E-state index in [2.05, 4.69) is 25.0 Å². The molecule has 0 saturated carbocycles. The van der Waals surface area contributed by atoms with Gasteiger partial charge in [-0.15, -0.1) is 21.5 Å². The Bertz CT molecular complexity index is 708. The lowest BCUT2D eigenvalue weighted by atomic mass is 9.97. The quantitative estimate of drug-likeness (QED) is 0.874. The van der Waals surface area contributed by atoms with Crippen molar-refractivity contribution >= 4 is 16.5 Å². The van der Waals surface area contributed by atoms with Crippen LogP contribution in [0.5, 0.6) is 0 Å². The Hall–Kier alpha value is -1.51. The van der Waals surface area contributed by atoms with Crippen molar-refractivity contribution in [2.75, 3.05) is 31.1 Å². The van der Waals surface area contributed by atoms with Crippen LogP contribution in [0.2, 0.25) is 0 Å². The van der Waals surface area contributed by atoms with Gasteiger partial charge in [0.25, 0.3) is 0 Å². The monoisotopic (exact) mass is 362 g/mol. The molecule has 0 radical (unpaired) electrons. The van der Waals surface area contributed by atoms with Crippen molar-refractivity contribution < 1.29 is 5.11 Å². The highest BCUT2D eigenvalue weighted by Gasteiger charge is 2.26. The Morgan fingerprint density at radius 1 is 1.20 bits per heavy atom. The maximum atomic E-state index is 9.33. The molecule has 2 fully saturated rings. The summed E-state index contributed by atoms with van der Waals surface area (Å²) in [6.45, 7) is 5.33. The zero-order valence-corrected chi connectivity index (χ0v) is 15.6. The van der Waals surface area contributed by atoms with E-state index in [1.54, 1.807) is 0 Å². The molecule has 2 aliphatic rings. The van der Waals surface area contributed by atoms with Crippen molar-refractivity contribution in [3.63, 3.8) is 0 Å². The number of rotatable bonds is 5. The number of hydrogen-bond acceptors (Lipinski definition) is 7. The predicted molar refractivity (Wildman–Crippen MR) is 97.7 cm³/mol. The van der Waals surface area contributed by atoms with E-state index in [1.807, 2.05) is 29.1 Å². The molecule has 2 aromatic heterocycles. The van der Waals surface area contributed by atoms with Crippen molar-refractivity contribution in [1.29, 1.82) is 0 Å². The van der Waals surface area contributed by atoms with Crippen LogP contribution in [0, 0.1) is 0 Å². The van der Waals surface area contributed by atoms with Gasteiger partial charge in [0.05, 0.1) is 0 Å². The zero-order valence-electron chi connectivity index (χ0n) is 14.8. The maximum absolute atomic E-state index is 9.33. The molecule has 0 aliphatic carbocycles. The summed E-state index contributed by atoms with van der Waals surface area (Å²) in [5.74, 6) is 2.03. The van der Waals surface area contributed by atoms with Crippen LogP contribution in [0.1, 0.15) is 48.1 Å². The molecule has 2 saturated heterocycles. The first-order valence-electron chi connectivity index (χ1n) is 9.15. The molecule has 8 heteroatoms. The van der Waals surface area contributed by atoms with Gasteiger partial charge in [-0.05, 0) is 32.2 Å². The first-order chi connectivity index (χ1) is 12.2. The minimum atomic E-state index is -0.0555. The summed E-state index contributed by atoms with van der Waals surface area (Å²) < 4.78 is 1.95. The number of nitrogens with zero attached hydrogens (tertiary/aromatic N) is 6. The molecule has 0 amide bonds. The second-order valence-corrected chi connectivity index (χ2v) is 8.16. The van der Waals surface area contributed by atoms with E-state index in [0.717, 1.165) is 45.0 Å². The molecule has 0 spiro atoms. The molecule has 4 heterocycles. The van der Waals surface area contributed by atoms with Crippen LogP contribution >= 0.6 is 11.3 Å². The summed E-state index contributed by atoms with van der Waals surface area (Å²) in [7, 11) is 1.95. The second kappa shape index (κ2) is 7.39. The molecule has 2 aromatic rings. The summed E-state index contributed by atoms with van der Waals surface area (Å²) in [6, 6.07) is 0. The van der Waals surface area contributed by atoms with Crippen molar-refractivity contribution in [2.45, 2.75) is 44.8 Å². The van der Waals surface area contributed by atoms with Crippen LogP contribution in [-0.4, -0.2) is 55.9 Å². The minimum absolute atomic E-state index is 0.0555. The molecule has 0 aromatic carbocycles. The number of hydrogen-bond donors (Lipinski definition) is 1. The maximum Gasteiger partial charge on any atom is 0.185 e. The SMILES string of the molecule is Cn1c(CO)nnc1[C@H]1CCCN(Cc2cnc(N3CCCC3)s2)C1. The Morgan fingerprint density at radius 2 is 2.04 bits per heavy atom. The lowest BCUT2D eigenvalue weighted by Gasteiger charge is -2.31. The van der Waals surface area contributed by atoms with Crippen LogP contribution in [0.15, 0.2) is 6.20 Å². The van der Waals surface area contributed by atoms with Crippen LogP contribution < -0.4 is 4.90 Å². The van der Waals surface area contributed by atoms with Gasteiger partial charge in [0, 0.05) is 50.2 Å². The molecule has 0 unspecified atom stereocenters. The zero-order chi connectivity index (χ0) is 17.2. The lowest BCUT2D eigenvalue weighted by molar-refractivity contribution is 0.196. The molecule has 7 nitrogen and oxygen atoms in total. The summed E-state index contributed by atoms with van der Waals surface area (Å²) in [5.41, 5.74) is 0. The third-order valence-electron chi connectivity index (χ3n) is 5.31. The Labute approximate surface area is 152 Å². The molecule has 1 N–H and O–H groups in total. The van der Waals surface area contributed by atoms with Crippen LogP contribution in [0.25, 0.3) is 0 Å². The Kier molecular flexibility index (Phi) is 5.00. The minimum Gasteiger partial charge on any atom is -0.388 e. The average molecular weight is 363 g/mol. The van der Waals surface area contributed by atoms with Crippen LogP contribution in [0.4, 0.5) is 5.13 Å². The van der Waals surface area contributed by atoms with Crippen molar-refractivity contribution in [3.05, 3.63) is 22.7 Å². The molecular formula is C17H26N6OS. The van der Waals surface area contributed by atoms with Gasteiger partial charge in [-0.3, -0.25) is 4.90 Å². The van der Waals surface area contributed by atoms with E-state index < -0.39 is 0 Å². The molecule has 0 bridgehead atoms. The van der Waals surface area contributed by atoms with Gasteiger partial charge in [0.2, 0.25) is 0 Å². The number of aromatic nitrogens is 4. The van der Waals surface area contributed by atoms with Crippen molar-refractivity contribution in [2.24, 2.45) is 7.05 Å². The molecule has 2 aliphatic heterocycles. The van der Waals surface area contributed by atoms with Gasteiger partial charge in [0.1, 0.15) is 12.4 Å². The van der Waals surface area contributed by atoms with Gasteiger partial charge < -0.3 is 14.6 Å². The number of thiazole rings is 1. The summed E-state index contributed by atoms with van der Waals surface area (Å²) in [5, 5.41) is 18.9. The molecule has 25 heavy (non-hydrogen) atoms. The van der Waals surface area contributed by atoms with E-state index in [4.69, 9.17) is 0 Å². The highest BCUT2D eigenvalue weighted by atomic mass is 32.1. The first kappa shape index (κ1) is 16.9. The molecule has 1 atom stereocenters. The van der Waals surface area contributed by atoms with E-state index in [1.165, 1.54) is 29.3 Å². The van der Waals surface area contributed by atoms with Gasteiger partial charge >= 0.3 is 0 Å². The molecule has 4 rings (SSSR count). The Balaban J connectivity index is 1.40. The van der Waals surface area contributed by atoms with Crippen LogP contribution in [-0.2, 0) is 20.2 Å². The summed E-state index contributed by atoms with van der Waals surface area (Å²) in [6.07, 6.45) is 6.93. The summed E-state index contributed by atoms with van der Waals surface area (Å²) in [4.78, 5) is 10.9. The first-order valence-corrected chi connectivity index (χ1v) is 9.97. The number of aliphatic hydroxyl groups excluding tert-OH is 1. The number of anilines is 1. The molecule has 136 valence electrons. The predicted octanol–water partition coefficient (Wildman–Crippen LogP) is 1.74. The van der Waals surface area contributed by atoms with Gasteiger partial charge in [-0.25, -0.2) is 4.98 Å². The average Bonchev–Trinajstić information content (AvgIpc) is 3.35. The lowest BCUT2D eigenvalue weighted by Crippen LogP contribution is -2.34. The standard InChI is InChI=1S/C17H26N6OS/c1-21-15(12-24)19-20-16(21)13-5-4-6-22(10-13)11-14-9-18-17(25-14)23-7-2-3-8-23/h9,13,24H,2-8,10-12H2,1H3/t13-/m0/s1. The fourth-order valence-electron chi connectivity index (χ4n) is 3.92. The van der Waals surface area contributed by atoms with Crippen molar-refractivity contribution in [3.8, 4) is 0 Å². The van der Waals surface area contributed by atoms with E-state index in [9.17, 15) is 5.11 Å². The molecular weight excluding hydrogens is 336 g/mol. The largest absolute Gasteiger partial charge is 0.388 e. The number of likely N-dealkylation sites (tertiary alicyclic amines) is 1. The third kappa shape index (κ3) is 3.56. The third-order valence-corrected chi connectivity index (χ3v) is 6.35. The highest BCUT2D eigenvalue weighted by molar-refractivity contribution is 7.15. The van der Waals surface area contributed by atoms with Crippen molar-refractivity contribution in [1.82, 2.24) is 24.6 Å². The highest BCUT2D eigenvalue weighted by Crippen LogP contribution is 2.30. The normalized spacial score (nSPS) is 22.0. The van der Waals surface area contributed by atoms with Gasteiger partial charge in [-0.1, -0.05) is 0 Å². The number of piperidine rings is 1. The Morgan fingerprint density at radius 3 is 2.80 bits per heavy atom. The smallest absolute Gasteiger partial charge is 0.185 e. The van der Waals surface area contributed by atoms with Gasteiger partial charge in [0.15, 0.2) is 11.0 Å². The second-order valence-electron chi connectivity index (χ2n) is 7.07. The van der Waals surface area contributed by atoms with E-state index in [0.29, 0.717) is 11.7 Å². The van der Waals surface area contributed by atoms with E-state index in [-0.39, 0.29) is 6.61 Å². The fraction of sp³-hybridized carbons (Fsp3) is 0.706. The van der Waals surface area contributed by atoms with Gasteiger partial charge in [-0.2, -0.15) is 0 Å².